The van der Waals surface area contributed by atoms with Crippen molar-refractivity contribution in [1.29, 1.82) is 0 Å². The Morgan fingerprint density at radius 1 is 1.03 bits per heavy atom. The lowest BCUT2D eigenvalue weighted by molar-refractivity contribution is 0.0732. The predicted molar refractivity (Wildman–Crippen MR) is 151 cm³/mol. The van der Waals surface area contributed by atoms with Crippen LogP contribution in [0.3, 0.4) is 0 Å². The van der Waals surface area contributed by atoms with E-state index in [1.165, 1.54) is 5.56 Å². The van der Waals surface area contributed by atoms with E-state index in [4.69, 9.17) is 14.1 Å². The van der Waals surface area contributed by atoms with Gasteiger partial charge in [-0.2, -0.15) is 11.8 Å². The van der Waals surface area contributed by atoms with Gasteiger partial charge in [-0.1, -0.05) is 45.0 Å². The van der Waals surface area contributed by atoms with Gasteiger partial charge < -0.3 is 14.5 Å². The highest BCUT2D eigenvalue weighted by molar-refractivity contribution is 7.97. The molecule has 5 nitrogen and oxygen atoms in total. The first kappa shape index (κ1) is 26.0. The lowest BCUT2D eigenvalue weighted by atomic mass is 9.95. The van der Waals surface area contributed by atoms with Crippen LogP contribution < -0.4 is 10.1 Å². The average Bonchev–Trinajstić information content (AvgIpc) is 2.80. The molecule has 0 amide bonds. The van der Waals surface area contributed by atoms with Gasteiger partial charge >= 0.3 is 0 Å². The maximum Gasteiger partial charge on any atom is 0.227 e. The minimum Gasteiger partial charge on any atom is -0.488 e. The lowest BCUT2D eigenvalue weighted by Gasteiger charge is -2.41. The van der Waals surface area contributed by atoms with E-state index in [1.54, 1.807) is 0 Å². The molecule has 1 saturated carbocycles. The summed E-state index contributed by atoms with van der Waals surface area (Å²) in [5.74, 6) is 2.40. The molecule has 3 aromatic rings. The Morgan fingerprint density at radius 2 is 1.74 bits per heavy atom. The van der Waals surface area contributed by atoms with Crippen molar-refractivity contribution in [3.05, 3.63) is 54.2 Å². The minimum atomic E-state index is -1.74. The third-order valence-corrected chi connectivity index (χ3v) is 12.4. The fourth-order valence-electron chi connectivity index (χ4n) is 4.26. The summed E-state index contributed by atoms with van der Waals surface area (Å²) in [5, 5.41) is 4.59. The van der Waals surface area contributed by atoms with E-state index in [2.05, 4.69) is 68.6 Å². The van der Waals surface area contributed by atoms with Crippen LogP contribution in [0.25, 0.3) is 10.9 Å². The van der Waals surface area contributed by atoms with E-state index in [0.717, 1.165) is 53.8 Å². The smallest absolute Gasteiger partial charge is 0.227 e. The van der Waals surface area contributed by atoms with Crippen molar-refractivity contribution in [3.63, 3.8) is 0 Å². The van der Waals surface area contributed by atoms with Gasteiger partial charge in [0.15, 0.2) is 8.32 Å². The Bertz CT molecular complexity index is 1140. The van der Waals surface area contributed by atoms with Gasteiger partial charge in [-0.05, 0) is 73.8 Å². The molecule has 1 aromatic heterocycles. The van der Waals surface area contributed by atoms with Crippen molar-refractivity contribution in [3.8, 4) is 5.75 Å². The number of thioether (sulfide) groups is 1. The minimum absolute atomic E-state index is 0.189. The van der Waals surface area contributed by atoms with E-state index in [-0.39, 0.29) is 11.1 Å². The number of para-hydroxylation sites is 1. The summed E-state index contributed by atoms with van der Waals surface area (Å²) >= 11 is 1.81. The summed E-state index contributed by atoms with van der Waals surface area (Å²) in [6.07, 6.45) is 8.64. The molecule has 7 heteroatoms. The maximum atomic E-state index is 6.66. The van der Waals surface area contributed by atoms with Gasteiger partial charge in [-0.25, -0.2) is 9.97 Å². The van der Waals surface area contributed by atoms with Gasteiger partial charge in [0.1, 0.15) is 11.3 Å². The molecular formula is C28H39N3O2SSi. The van der Waals surface area contributed by atoms with Crippen LogP contribution in [0.2, 0.25) is 18.1 Å². The maximum absolute atomic E-state index is 6.66. The van der Waals surface area contributed by atoms with E-state index in [1.807, 2.05) is 42.2 Å². The second-order valence-electron chi connectivity index (χ2n) is 11.0. The van der Waals surface area contributed by atoms with Crippen LogP contribution in [-0.2, 0) is 10.2 Å². The highest BCUT2D eigenvalue weighted by Gasteiger charge is 2.40. The molecule has 1 fully saturated rings. The summed E-state index contributed by atoms with van der Waals surface area (Å²) in [5.41, 5.74) is 3.12. The predicted octanol–water partition coefficient (Wildman–Crippen LogP) is 7.95. The first-order chi connectivity index (χ1) is 16.6. The quantitative estimate of drug-likeness (QED) is 0.311. The number of rotatable bonds is 8. The number of anilines is 2. The third kappa shape index (κ3) is 6.57. The second-order valence-corrected chi connectivity index (χ2v) is 16.7. The standard InChI is InChI=1S/C28H39N3O2SSi/c1-28(2,3)35(5,6)33-24-15-13-23(14-16-24)32-25-12-8-10-21-18-29-27(31-26(21)25)30-22-11-7-9-20(17-22)19-34-4/h7-12,17-18,23-24H,13-16,19H2,1-6H3,(H,29,30,31)/t23-,24+. The van der Waals surface area contributed by atoms with Gasteiger partial charge in [0, 0.05) is 29.1 Å². The monoisotopic (exact) mass is 509 g/mol. The molecule has 0 radical (unpaired) electrons. The number of hydrogen-bond acceptors (Lipinski definition) is 6. The van der Waals surface area contributed by atoms with E-state index in [9.17, 15) is 0 Å². The Kier molecular flexibility index (Phi) is 8.08. The van der Waals surface area contributed by atoms with Crippen LogP contribution in [-0.4, -0.2) is 36.7 Å². The molecule has 1 aliphatic carbocycles. The van der Waals surface area contributed by atoms with Crippen LogP contribution in [0.5, 0.6) is 5.75 Å². The van der Waals surface area contributed by atoms with Crippen molar-refractivity contribution >= 4 is 42.6 Å². The molecule has 1 heterocycles. The second kappa shape index (κ2) is 10.9. The van der Waals surface area contributed by atoms with Crippen molar-refractivity contribution in [2.24, 2.45) is 0 Å². The first-order valence-electron chi connectivity index (χ1n) is 12.6. The topological polar surface area (TPSA) is 56.3 Å². The van der Waals surface area contributed by atoms with Crippen molar-refractivity contribution in [2.75, 3.05) is 11.6 Å². The van der Waals surface area contributed by atoms with Crippen LogP contribution in [0.1, 0.15) is 52.0 Å². The molecule has 0 saturated heterocycles. The Morgan fingerprint density at radius 3 is 2.46 bits per heavy atom. The Balaban J connectivity index is 1.43. The molecule has 0 atom stereocenters. The fraction of sp³-hybridized carbons (Fsp3) is 0.500. The van der Waals surface area contributed by atoms with Gasteiger partial charge in [0.2, 0.25) is 5.95 Å². The van der Waals surface area contributed by atoms with Crippen molar-refractivity contribution in [1.82, 2.24) is 9.97 Å². The van der Waals surface area contributed by atoms with Crippen LogP contribution in [0.4, 0.5) is 11.6 Å². The summed E-state index contributed by atoms with van der Waals surface area (Å²) in [4.78, 5) is 9.36. The Labute approximate surface area is 215 Å². The zero-order chi connectivity index (χ0) is 25.1. The molecule has 4 rings (SSSR count). The number of fused-ring (bicyclic) bond motifs is 1. The number of benzene rings is 2. The molecule has 0 aliphatic heterocycles. The number of nitrogens with one attached hydrogen (secondary N) is 1. The largest absolute Gasteiger partial charge is 0.488 e. The molecule has 0 spiro atoms. The molecule has 1 N–H and O–H groups in total. The summed E-state index contributed by atoms with van der Waals surface area (Å²) in [7, 11) is -1.74. The SMILES string of the molecule is CSCc1cccc(Nc2ncc3cccc(O[C@H]4CC[C@@H](O[Si](C)(C)C(C)(C)C)CC4)c3n2)c1. The van der Waals surface area contributed by atoms with Gasteiger partial charge in [-0.3, -0.25) is 0 Å². The molecule has 35 heavy (non-hydrogen) atoms. The van der Waals surface area contributed by atoms with Gasteiger partial charge in [0.05, 0.1) is 6.10 Å². The van der Waals surface area contributed by atoms with Crippen LogP contribution in [0, 0.1) is 0 Å². The van der Waals surface area contributed by atoms with Crippen molar-refractivity contribution in [2.45, 2.75) is 82.5 Å². The highest BCUT2D eigenvalue weighted by Crippen LogP contribution is 2.39. The zero-order valence-corrected chi connectivity index (χ0v) is 23.7. The lowest BCUT2D eigenvalue weighted by Crippen LogP contribution is -2.45. The number of ether oxygens (including phenoxy) is 1. The Hall–Kier alpha value is -2.09. The normalized spacial score (nSPS) is 19.0. The van der Waals surface area contributed by atoms with Crippen LogP contribution >= 0.6 is 11.8 Å². The van der Waals surface area contributed by atoms with Crippen molar-refractivity contribution < 1.29 is 9.16 Å². The number of hydrogen-bond donors (Lipinski definition) is 1. The van der Waals surface area contributed by atoms with Gasteiger partial charge in [0.25, 0.3) is 0 Å². The average molecular weight is 510 g/mol. The first-order valence-corrected chi connectivity index (χ1v) is 16.9. The summed E-state index contributed by atoms with van der Waals surface area (Å²) in [6.45, 7) is 11.6. The molecular weight excluding hydrogens is 470 g/mol. The summed E-state index contributed by atoms with van der Waals surface area (Å²) < 4.78 is 13.2. The van der Waals surface area contributed by atoms with Gasteiger partial charge in [-0.15, -0.1) is 0 Å². The zero-order valence-electron chi connectivity index (χ0n) is 21.9. The highest BCUT2D eigenvalue weighted by atomic mass is 32.2. The molecule has 0 unspecified atom stereocenters. The third-order valence-electron chi connectivity index (χ3n) is 7.25. The van der Waals surface area contributed by atoms with E-state index in [0.29, 0.717) is 12.1 Å². The molecule has 0 bridgehead atoms. The molecule has 1 aliphatic rings. The fourth-order valence-corrected chi connectivity index (χ4v) is 6.19. The number of nitrogens with zero attached hydrogens (tertiary/aromatic N) is 2. The van der Waals surface area contributed by atoms with E-state index >= 15 is 0 Å². The van der Waals surface area contributed by atoms with E-state index < -0.39 is 8.32 Å². The molecule has 2 aromatic carbocycles. The molecule has 188 valence electrons. The van der Waals surface area contributed by atoms with Crippen LogP contribution in [0.15, 0.2) is 48.7 Å². The number of aromatic nitrogens is 2. The summed E-state index contributed by atoms with van der Waals surface area (Å²) in [6, 6.07) is 14.5.